The summed E-state index contributed by atoms with van der Waals surface area (Å²) in [5.41, 5.74) is -0.0131. The predicted molar refractivity (Wildman–Crippen MR) is 84.3 cm³/mol. The summed E-state index contributed by atoms with van der Waals surface area (Å²) >= 11 is 0. The molecule has 2 aromatic rings. The second kappa shape index (κ2) is 5.79. The second-order valence-electron chi connectivity index (χ2n) is 5.67. The highest BCUT2D eigenvalue weighted by molar-refractivity contribution is 6.15. The molecular formula is C17H18N2O4. The molecule has 0 radical (unpaired) electrons. The number of amides is 2. The van der Waals surface area contributed by atoms with E-state index in [-0.39, 0.29) is 0 Å². The Bertz CT molecular complexity index is 739. The average Bonchev–Trinajstić information content (AvgIpc) is 3.02. The number of hydrogen-bond donors (Lipinski definition) is 2. The monoisotopic (exact) mass is 314 g/mol. The molecule has 1 aromatic heterocycles. The van der Waals surface area contributed by atoms with Crippen molar-refractivity contribution in [1.82, 2.24) is 5.32 Å². The van der Waals surface area contributed by atoms with Crippen molar-refractivity contribution in [3.63, 3.8) is 0 Å². The van der Waals surface area contributed by atoms with E-state index in [4.69, 9.17) is 9.15 Å². The minimum atomic E-state index is -1.59. The van der Waals surface area contributed by atoms with Gasteiger partial charge in [0.25, 0.3) is 17.4 Å². The third kappa shape index (κ3) is 2.92. The third-order valence-corrected chi connectivity index (χ3v) is 3.80. The van der Waals surface area contributed by atoms with Gasteiger partial charge in [0.15, 0.2) is 0 Å². The van der Waals surface area contributed by atoms with Gasteiger partial charge in [-0.2, -0.15) is 0 Å². The summed E-state index contributed by atoms with van der Waals surface area (Å²) in [7, 11) is 0. The van der Waals surface area contributed by atoms with Crippen LogP contribution >= 0.6 is 0 Å². The molecule has 0 spiro atoms. The number of anilines is 1. The Kier molecular flexibility index (Phi) is 3.82. The number of benzene rings is 1. The Balaban J connectivity index is 1.69. The van der Waals surface area contributed by atoms with Gasteiger partial charge >= 0.3 is 0 Å². The van der Waals surface area contributed by atoms with Gasteiger partial charge in [-0.1, -0.05) is 6.07 Å². The highest BCUT2D eigenvalue weighted by Crippen LogP contribution is 2.34. The number of ether oxygens (including phenoxy) is 1. The lowest BCUT2D eigenvalue weighted by Gasteiger charge is -2.33. The predicted octanol–water partition coefficient (Wildman–Crippen LogP) is 2.04. The smallest absolute Gasteiger partial charge is 0.278 e. The van der Waals surface area contributed by atoms with Crippen LogP contribution in [0.1, 0.15) is 18.2 Å². The van der Waals surface area contributed by atoms with Crippen molar-refractivity contribution >= 4 is 17.5 Å². The van der Waals surface area contributed by atoms with E-state index in [1.165, 1.54) is 6.92 Å². The minimum Gasteiger partial charge on any atom is -0.469 e. The first-order chi connectivity index (χ1) is 11.0. The maximum Gasteiger partial charge on any atom is 0.278 e. The Morgan fingerprint density at radius 1 is 1.35 bits per heavy atom. The van der Waals surface area contributed by atoms with E-state index >= 15 is 0 Å². The van der Waals surface area contributed by atoms with Crippen LogP contribution in [0.25, 0.3) is 0 Å². The van der Waals surface area contributed by atoms with Crippen LogP contribution in [0.3, 0.4) is 0 Å². The lowest BCUT2D eigenvalue weighted by Crippen LogP contribution is -2.58. The molecule has 0 aliphatic carbocycles. The fourth-order valence-corrected chi connectivity index (χ4v) is 2.41. The van der Waals surface area contributed by atoms with Crippen molar-refractivity contribution in [3.05, 3.63) is 47.9 Å². The highest BCUT2D eigenvalue weighted by atomic mass is 16.5. The zero-order valence-corrected chi connectivity index (χ0v) is 13.0. The number of carbonyl (C=O) groups excluding carboxylic acids is 2. The van der Waals surface area contributed by atoms with Crippen LogP contribution in [0.2, 0.25) is 0 Å². The summed E-state index contributed by atoms with van der Waals surface area (Å²) in [6, 6.07) is 9.04. The number of hydrogen-bond acceptors (Lipinski definition) is 4. The van der Waals surface area contributed by atoms with Gasteiger partial charge in [-0.15, -0.1) is 0 Å². The van der Waals surface area contributed by atoms with Crippen LogP contribution < -0.4 is 15.4 Å². The molecule has 0 fully saturated rings. The van der Waals surface area contributed by atoms with Crippen molar-refractivity contribution in [2.24, 2.45) is 0 Å². The molecule has 2 N–H and O–H groups in total. The summed E-state index contributed by atoms with van der Waals surface area (Å²) in [5.74, 6) is 0.294. The number of aryl methyl sites for hydroxylation is 1. The lowest BCUT2D eigenvalue weighted by molar-refractivity contribution is -0.146. The van der Waals surface area contributed by atoms with E-state index < -0.39 is 17.4 Å². The molecule has 1 atom stereocenters. The van der Waals surface area contributed by atoms with Crippen molar-refractivity contribution < 1.29 is 18.7 Å². The van der Waals surface area contributed by atoms with Gasteiger partial charge in [-0.25, -0.2) is 0 Å². The first kappa shape index (κ1) is 15.1. The van der Waals surface area contributed by atoms with Gasteiger partial charge in [0, 0.05) is 13.0 Å². The molecule has 0 saturated carbocycles. The number of carbonyl (C=O) groups is 2. The summed E-state index contributed by atoms with van der Waals surface area (Å²) < 4.78 is 10.9. The standard InChI is InChI=1S/C17H18N2O4/c1-11-5-6-14-13(10-11)19-16(21)17(2,23-14)15(20)18-8-7-12-4-3-9-22-12/h3-6,9-10H,7-8H2,1-2H3,(H,18,20)(H,19,21)/t17-/m1/s1. The number of rotatable bonds is 4. The van der Waals surface area contributed by atoms with E-state index in [0.29, 0.717) is 24.4 Å². The van der Waals surface area contributed by atoms with E-state index in [9.17, 15) is 9.59 Å². The first-order valence-corrected chi connectivity index (χ1v) is 7.41. The van der Waals surface area contributed by atoms with E-state index in [1.54, 1.807) is 18.4 Å². The maximum absolute atomic E-state index is 12.4. The lowest BCUT2D eigenvalue weighted by atomic mass is 10.0. The normalized spacial score (nSPS) is 19.5. The second-order valence-corrected chi connectivity index (χ2v) is 5.67. The SMILES string of the molecule is Cc1ccc2c(c1)NC(=O)[C@@](C)(C(=O)NCCc1ccco1)O2. The molecule has 120 valence electrons. The fourth-order valence-electron chi connectivity index (χ4n) is 2.41. The molecule has 2 amide bonds. The van der Waals surface area contributed by atoms with E-state index in [2.05, 4.69) is 10.6 Å². The van der Waals surface area contributed by atoms with Crippen LogP contribution in [0.15, 0.2) is 41.0 Å². The molecule has 6 heteroatoms. The summed E-state index contributed by atoms with van der Waals surface area (Å²) in [6.07, 6.45) is 2.13. The topological polar surface area (TPSA) is 80.6 Å². The summed E-state index contributed by atoms with van der Waals surface area (Å²) in [5, 5.41) is 5.45. The Labute approximate surface area is 133 Å². The van der Waals surface area contributed by atoms with Gasteiger partial charge in [-0.3, -0.25) is 9.59 Å². The Morgan fingerprint density at radius 2 is 2.17 bits per heavy atom. The molecule has 23 heavy (non-hydrogen) atoms. The summed E-state index contributed by atoms with van der Waals surface area (Å²) in [6.45, 7) is 3.74. The molecule has 0 bridgehead atoms. The zero-order chi connectivity index (χ0) is 16.4. The Morgan fingerprint density at radius 3 is 2.91 bits per heavy atom. The van der Waals surface area contributed by atoms with Gasteiger partial charge in [-0.05, 0) is 43.7 Å². The number of fused-ring (bicyclic) bond motifs is 1. The fraction of sp³-hybridized carbons (Fsp3) is 0.294. The largest absolute Gasteiger partial charge is 0.469 e. The van der Waals surface area contributed by atoms with E-state index in [1.807, 2.05) is 25.1 Å². The summed E-state index contributed by atoms with van der Waals surface area (Å²) in [4.78, 5) is 24.7. The van der Waals surface area contributed by atoms with Crippen molar-refractivity contribution in [2.45, 2.75) is 25.9 Å². The molecule has 1 aromatic carbocycles. The molecule has 0 unspecified atom stereocenters. The molecule has 3 rings (SSSR count). The quantitative estimate of drug-likeness (QED) is 0.846. The van der Waals surface area contributed by atoms with Gasteiger partial charge in [0.05, 0.1) is 12.0 Å². The van der Waals surface area contributed by atoms with Crippen LogP contribution in [0, 0.1) is 6.92 Å². The maximum atomic E-state index is 12.4. The van der Waals surface area contributed by atoms with Crippen molar-refractivity contribution in [1.29, 1.82) is 0 Å². The van der Waals surface area contributed by atoms with Gasteiger partial charge in [0.1, 0.15) is 11.5 Å². The Hall–Kier alpha value is -2.76. The molecule has 1 aliphatic rings. The molecular weight excluding hydrogens is 296 g/mol. The first-order valence-electron chi connectivity index (χ1n) is 7.41. The highest BCUT2D eigenvalue weighted by Gasteiger charge is 2.47. The van der Waals surface area contributed by atoms with Crippen LogP contribution in [-0.4, -0.2) is 24.0 Å². The van der Waals surface area contributed by atoms with Crippen LogP contribution in [0.5, 0.6) is 5.75 Å². The number of furan rings is 1. The number of nitrogens with one attached hydrogen (secondary N) is 2. The van der Waals surface area contributed by atoms with Crippen LogP contribution in [-0.2, 0) is 16.0 Å². The molecule has 1 aliphatic heterocycles. The van der Waals surface area contributed by atoms with Crippen molar-refractivity contribution in [2.75, 3.05) is 11.9 Å². The van der Waals surface area contributed by atoms with Crippen molar-refractivity contribution in [3.8, 4) is 5.75 Å². The average molecular weight is 314 g/mol. The van der Waals surface area contributed by atoms with Crippen LogP contribution in [0.4, 0.5) is 5.69 Å². The zero-order valence-electron chi connectivity index (χ0n) is 13.0. The van der Waals surface area contributed by atoms with Gasteiger partial charge in [0.2, 0.25) is 0 Å². The molecule has 2 heterocycles. The van der Waals surface area contributed by atoms with Gasteiger partial charge < -0.3 is 19.8 Å². The molecule has 0 saturated heterocycles. The molecule has 6 nitrogen and oxygen atoms in total. The van der Waals surface area contributed by atoms with E-state index in [0.717, 1.165) is 11.3 Å². The minimum absolute atomic E-state index is 0.360. The third-order valence-electron chi connectivity index (χ3n) is 3.80.